The third-order valence-corrected chi connectivity index (χ3v) is 4.16. The molecule has 6 nitrogen and oxygen atoms in total. The predicted molar refractivity (Wildman–Crippen MR) is 94.0 cm³/mol. The van der Waals surface area contributed by atoms with Crippen molar-refractivity contribution in [1.82, 2.24) is 5.32 Å². The van der Waals surface area contributed by atoms with Crippen LogP contribution in [0.2, 0.25) is 0 Å². The summed E-state index contributed by atoms with van der Waals surface area (Å²) in [5.41, 5.74) is 0.675. The van der Waals surface area contributed by atoms with Crippen molar-refractivity contribution in [1.29, 1.82) is 0 Å². The van der Waals surface area contributed by atoms with Gasteiger partial charge in [0.05, 0.1) is 13.7 Å². The molecule has 0 spiro atoms. The Balaban J connectivity index is 1.92. The van der Waals surface area contributed by atoms with Crippen LogP contribution in [0.25, 0.3) is 0 Å². The molecule has 0 aromatic heterocycles. The molecule has 1 aromatic rings. The third-order valence-electron chi connectivity index (χ3n) is 4.16. The molecule has 1 aromatic carbocycles. The molecule has 1 aliphatic carbocycles. The minimum absolute atomic E-state index is 0.171. The molecule has 0 radical (unpaired) electrons. The zero-order valence-electron chi connectivity index (χ0n) is 14.6. The van der Waals surface area contributed by atoms with Crippen molar-refractivity contribution in [3.63, 3.8) is 0 Å². The van der Waals surface area contributed by atoms with E-state index in [2.05, 4.69) is 10.6 Å². The molecule has 0 atom stereocenters. The summed E-state index contributed by atoms with van der Waals surface area (Å²) in [7, 11) is 3.21. The van der Waals surface area contributed by atoms with E-state index >= 15 is 0 Å². The summed E-state index contributed by atoms with van der Waals surface area (Å²) in [4.78, 5) is 12.2. The van der Waals surface area contributed by atoms with Gasteiger partial charge in [-0.25, -0.2) is 4.79 Å². The number of carbonyl (C=O) groups excluding carboxylic acids is 1. The minimum Gasteiger partial charge on any atom is -0.493 e. The fourth-order valence-electron chi connectivity index (χ4n) is 2.88. The molecule has 0 saturated heterocycles. The molecule has 2 N–H and O–H groups in total. The van der Waals surface area contributed by atoms with E-state index in [-0.39, 0.29) is 12.1 Å². The van der Waals surface area contributed by atoms with Crippen molar-refractivity contribution < 1.29 is 19.0 Å². The highest BCUT2D eigenvalue weighted by atomic mass is 16.5. The Morgan fingerprint density at radius 1 is 1.08 bits per heavy atom. The molecular weight excluding hydrogens is 308 g/mol. The quantitative estimate of drug-likeness (QED) is 0.590. The fourth-order valence-corrected chi connectivity index (χ4v) is 2.88. The number of urea groups is 1. The Morgan fingerprint density at radius 2 is 1.83 bits per heavy atom. The van der Waals surface area contributed by atoms with E-state index in [4.69, 9.17) is 14.2 Å². The molecule has 1 aliphatic rings. The van der Waals surface area contributed by atoms with Gasteiger partial charge in [-0.2, -0.15) is 0 Å². The molecule has 1 fully saturated rings. The van der Waals surface area contributed by atoms with Gasteiger partial charge in [0.15, 0.2) is 11.5 Å². The largest absolute Gasteiger partial charge is 0.493 e. The van der Waals surface area contributed by atoms with Gasteiger partial charge in [0, 0.05) is 24.9 Å². The lowest BCUT2D eigenvalue weighted by molar-refractivity contribution is 0.144. The van der Waals surface area contributed by atoms with Crippen LogP contribution in [0.4, 0.5) is 10.5 Å². The Bertz CT molecular complexity index is 514. The number of hydrogen-bond acceptors (Lipinski definition) is 4. The van der Waals surface area contributed by atoms with Crippen molar-refractivity contribution >= 4 is 11.7 Å². The number of methoxy groups -OCH3 is 2. The Labute approximate surface area is 143 Å². The van der Waals surface area contributed by atoms with Crippen molar-refractivity contribution in [3.05, 3.63) is 18.2 Å². The topological polar surface area (TPSA) is 68.8 Å². The van der Waals surface area contributed by atoms with Crippen LogP contribution in [0.15, 0.2) is 18.2 Å². The molecule has 0 unspecified atom stereocenters. The first-order valence-corrected chi connectivity index (χ1v) is 8.60. The molecule has 0 heterocycles. The highest BCUT2D eigenvalue weighted by Crippen LogP contribution is 2.30. The maximum atomic E-state index is 12.2. The van der Waals surface area contributed by atoms with Crippen molar-refractivity contribution in [2.45, 2.75) is 44.6 Å². The van der Waals surface area contributed by atoms with Gasteiger partial charge in [0.1, 0.15) is 6.61 Å². The van der Waals surface area contributed by atoms with Crippen LogP contribution in [-0.4, -0.2) is 39.5 Å². The Morgan fingerprint density at radius 3 is 2.50 bits per heavy atom. The van der Waals surface area contributed by atoms with Crippen LogP contribution in [0.5, 0.6) is 11.5 Å². The summed E-state index contributed by atoms with van der Waals surface area (Å²) in [5.74, 6) is 1.21. The lowest BCUT2D eigenvalue weighted by Gasteiger charge is -2.17. The standard InChI is InChI=1S/C18H28N2O4/c1-22-11-12-24-17-13-15(9-10-16(17)23-2)20-18(21)19-14-7-5-3-4-6-8-14/h9-10,13-14H,3-8,11-12H2,1-2H3,(H2,19,20,21). The van der Waals surface area contributed by atoms with Gasteiger partial charge in [-0.3, -0.25) is 0 Å². The number of hydrogen-bond donors (Lipinski definition) is 2. The van der Waals surface area contributed by atoms with Crippen molar-refractivity contribution in [2.75, 3.05) is 32.8 Å². The molecule has 0 aliphatic heterocycles. The highest BCUT2D eigenvalue weighted by Gasteiger charge is 2.15. The third kappa shape index (κ3) is 5.92. The number of rotatable bonds is 7. The monoisotopic (exact) mass is 336 g/mol. The Hall–Kier alpha value is -1.95. The molecule has 6 heteroatoms. The van der Waals surface area contributed by atoms with Gasteiger partial charge in [-0.05, 0) is 25.0 Å². The maximum Gasteiger partial charge on any atom is 0.319 e. The summed E-state index contributed by atoms with van der Waals surface area (Å²) < 4.78 is 15.9. The first-order valence-electron chi connectivity index (χ1n) is 8.60. The van der Waals surface area contributed by atoms with Crippen LogP contribution in [-0.2, 0) is 4.74 Å². The first-order chi connectivity index (χ1) is 11.7. The minimum atomic E-state index is -0.171. The number of amides is 2. The second-order valence-electron chi connectivity index (χ2n) is 5.99. The Kier molecular flexibility index (Phi) is 7.68. The number of carbonyl (C=O) groups is 1. The van der Waals surface area contributed by atoms with Crippen LogP contribution in [0, 0.1) is 0 Å². The highest BCUT2D eigenvalue weighted by molar-refractivity contribution is 5.89. The van der Waals surface area contributed by atoms with Gasteiger partial charge in [-0.15, -0.1) is 0 Å². The van der Waals surface area contributed by atoms with Crippen LogP contribution >= 0.6 is 0 Å². The molecule has 2 rings (SSSR count). The van der Waals surface area contributed by atoms with Crippen molar-refractivity contribution in [2.24, 2.45) is 0 Å². The summed E-state index contributed by atoms with van der Waals surface area (Å²) in [6.07, 6.45) is 7.01. The zero-order valence-corrected chi connectivity index (χ0v) is 14.6. The van der Waals surface area contributed by atoms with Crippen LogP contribution < -0.4 is 20.1 Å². The molecule has 24 heavy (non-hydrogen) atoms. The average molecular weight is 336 g/mol. The second-order valence-corrected chi connectivity index (χ2v) is 5.99. The number of anilines is 1. The van der Waals surface area contributed by atoms with Gasteiger partial charge < -0.3 is 24.8 Å². The normalized spacial score (nSPS) is 15.4. The van der Waals surface area contributed by atoms with E-state index in [1.54, 1.807) is 32.4 Å². The second kappa shape index (κ2) is 10.0. The van der Waals surface area contributed by atoms with E-state index in [0.717, 1.165) is 12.8 Å². The molecule has 134 valence electrons. The fraction of sp³-hybridized carbons (Fsp3) is 0.611. The van der Waals surface area contributed by atoms with Crippen molar-refractivity contribution in [3.8, 4) is 11.5 Å². The van der Waals surface area contributed by atoms with E-state index < -0.39 is 0 Å². The zero-order chi connectivity index (χ0) is 17.2. The van der Waals surface area contributed by atoms with E-state index in [1.165, 1.54) is 25.7 Å². The SMILES string of the molecule is COCCOc1cc(NC(=O)NC2CCCCCC2)ccc1OC. The number of nitrogens with one attached hydrogen (secondary N) is 2. The van der Waals surface area contributed by atoms with Gasteiger partial charge >= 0.3 is 6.03 Å². The summed E-state index contributed by atoms with van der Waals surface area (Å²) in [6, 6.07) is 5.44. The van der Waals surface area contributed by atoms with E-state index in [1.807, 2.05) is 0 Å². The molecule has 1 saturated carbocycles. The lowest BCUT2D eigenvalue weighted by Crippen LogP contribution is -2.37. The summed E-state index contributed by atoms with van der Waals surface area (Å²) >= 11 is 0. The summed E-state index contributed by atoms with van der Waals surface area (Å²) in [5, 5.41) is 5.94. The number of ether oxygens (including phenoxy) is 3. The van der Waals surface area contributed by atoms with Crippen LogP contribution in [0.3, 0.4) is 0 Å². The molecule has 0 bridgehead atoms. The smallest absolute Gasteiger partial charge is 0.319 e. The van der Waals surface area contributed by atoms with Gasteiger partial charge in [0.25, 0.3) is 0 Å². The molecule has 2 amide bonds. The predicted octanol–water partition coefficient (Wildman–Crippen LogP) is 3.56. The molecular formula is C18H28N2O4. The number of benzene rings is 1. The van der Waals surface area contributed by atoms with Gasteiger partial charge in [0.2, 0.25) is 0 Å². The first kappa shape index (κ1) is 18.4. The average Bonchev–Trinajstić information content (AvgIpc) is 2.84. The van der Waals surface area contributed by atoms with E-state index in [0.29, 0.717) is 30.4 Å². The maximum absolute atomic E-state index is 12.2. The lowest BCUT2D eigenvalue weighted by atomic mass is 10.1. The van der Waals surface area contributed by atoms with E-state index in [9.17, 15) is 4.79 Å². The van der Waals surface area contributed by atoms with Gasteiger partial charge in [-0.1, -0.05) is 25.7 Å². The summed E-state index contributed by atoms with van der Waals surface area (Å²) in [6.45, 7) is 0.910. The van der Waals surface area contributed by atoms with Crippen LogP contribution in [0.1, 0.15) is 38.5 Å².